The van der Waals surface area contributed by atoms with E-state index in [2.05, 4.69) is 11.6 Å². The number of allylic oxidation sites excluding steroid dienone is 1. The monoisotopic (exact) mass is 341 g/mol. The quantitative estimate of drug-likeness (QED) is 0.586. The summed E-state index contributed by atoms with van der Waals surface area (Å²) in [5.41, 5.74) is 1.11. The number of aryl methyl sites for hydroxylation is 1. The molecular weight excluding hydrogens is 314 g/mol. The molecule has 0 bridgehead atoms. The second-order valence-electron chi connectivity index (χ2n) is 5.87. The van der Waals surface area contributed by atoms with Crippen molar-refractivity contribution < 1.29 is 9.53 Å². The van der Waals surface area contributed by atoms with Crippen LogP contribution in [0.15, 0.2) is 55.6 Å². The number of imidazole rings is 1. The number of hydrogen-bond acceptors (Lipinski definition) is 3. The Labute approximate surface area is 149 Å². The number of ether oxygens (including phenoxy) is 1. The van der Waals surface area contributed by atoms with Gasteiger partial charge in [0.25, 0.3) is 0 Å². The zero-order valence-corrected chi connectivity index (χ0v) is 14.9. The van der Waals surface area contributed by atoms with Gasteiger partial charge in [-0.05, 0) is 37.5 Å². The van der Waals surface area contributed by atoms with Crippen LogP contribution in [0.3, 0.4) is 0 Å². The molecule has 0 atom stereocenters. The predicted molar refractivity (Wildman–Crippen MR) is 99.3 cm³/mol. The lowest BCUT2D eigenvalue weighted by molar-refractivity contribution is -0.131. The van der Waals surface area contributed by atoms with Crippen molar-refractivity contribution in [1.82, 2.24) is 14.5 Å². The SMILES string of the molecule is C=CCCC(=O)N(CCCn1ccnc1)Cc1ccc(OCC)cc1. The van der Waals surface area contributed by atoms with Crippen molar-refractivity contribution in [2.75, 3.05) is 13.2 Å². The fourth-order valence-corrected chi connectivity index (χ4v) is 2.62. The number of rotatable bonds is 11. The van der Waals surface area contributed by atoms with Crippen LogP contribution in [0, 0.1) is 0 Å². The van der Waals surface area contributed by atoms with Crippen molar-refractivity contribution in [2.45, 2.75) is 39.3 Å². The Bertz CT molecular complexity index is 635. The predicted octanol–water partition coefficient (Wildman–Crippen LogP) is 3.67. The number of carbonyl (C=O) groups is 1. The molecule has 5 nitrogen and oxygen atoms in total. The normalized spacial score (nSPS) is 10.4. The molecule has 1 aromatic heterocycles. The minimum absolute atomic E-state index is 0.166. The second-order valence-corrected chi connectivity index (χ2v) is 5.87. The molecule has 0 radical (unpaired) electrons. The molecular formula is C20H27N3O2. The summed E-state index contributed by atoms with van der Waals surface area (Å²) in [6.07, 6.45) is 9.41. The topological polar surface area (TPSA) is 47.4 Å². The van der Waals surface area contributed by atoms with Crippen LogP contribution in [0.4, 0.5) is 0 Å². The molecule has 0 spiro atoms. The van der Waals surface area contributed by atoms with Gasteiger partial charge in [-0.3, -0.25) is 4.79 Å². The van der Waals surface area contributed by atoms with Gasteiger partial charge in [-0.1, -0.05) is 18.2 Å². The molecule has 1 aromatic carbocycles. The number of benzene rings is 1. The lowest BCUT2D eigenvalue weighted by Crippen LogP contribution is -2.31. The number of amides is 1. The first-order valence-electron chi connectivity index (χ1n) is 8.79. The van der Waals surface area contributed by atoms with Gasteiger partial charge < -0.3 is 14.2 Å². The highest BCUT2D eigenvalue weighted by atomic mass is 16.5. The molecule has 0 saturated carbocycles. The molecule has 0 fully saturated rings. The number of carbonyl (C=O) groups excluding carboxylic acids is 1. The third kappa shape index (κ3) is 6.45. The van der Waals surface area contributed by atoms with Gasteiger partial charge in [0.05, 0.1) is 12.9 Å². The number of aromatic nitrogens is 2. The smallest absolute Gasteiger partial charge is 0.223 e. The Balaban J connectivity index is 1.94. The first-order valence-corrected chi connectivity index (χ1v) is 8.79. The molecule has 0 N–H and O–H groups in total. The van der Waals surface area contributed by atoms with E-state index in [0.717, 1.165) is 30.8 Å². The minimum atomic E-state index is 0.166. The van der Waals surface area contributed by atoms with Crippen molar-refractivity contribution in [1.29, 1.82) is 0 Å². The average Bonchev–Trinajstić information content (AvgIpc) is 3.14. The zero-order chi connectivity index (χ0) is 17.9. The van der Waals surface area contributed by atoms with Gasteiger partial charge in [0.1, 0.15) is 5.75 Å². The van der Waals surface area contributed by atoms with Crippen LogP contribution < -0.4 is 4.74 Å². The average molecular weight is 341 g/mol. The Morgan fingerprint density at radius 3 is 2.80 bits per heavy atom. The summed E-state index contributed by atoms with van der Waals surface area (Å²) in [4.78, 5) is 18.5. The highest BCUT2D eigenvalue weighted by Gasteiger charge is 2.13. The van der Waals surface area contributed by atoms with Gasteiger partial charge in [0, 0.05) is 38.4 Å². The van der Waals surface area contributed by atoms with Gasteiger partial charge in [-0.15, -0.1) is 6.58 Å². The Hall–Kier alpha value is -2.56. The molecule has 2 aromatic rings. The molecule has 1 heterocycles. The fraction of sp³-hybridized carbons (Fsp3) is 0.400. The number of hydrogen-bond donors (Lipinski definition) is 0. The van der Waals surface area contributed by atoms with E-state index in [0.29, 0.717) is 26.0 Å². The summed E-state index contributed by atoms with van der Waals surface area (Å²) in [5, 5.41) is 0. The molecule has 0 saturated heterocycles. The van der Waals surface area contributed by atoms with E-state index in [-0.39, 0.29) is 5.91 Å². The van der Waals surface area contributed by atoms with E-state index in [1.807, 2.05) is 46.9 Å². The molecule has 25 heavy (non-hydrogen) atoms. The van der Waals surface area contributed by atoms with Crippen LogP contribution in [0.2, 0.25) is 0 Å². The largest absolute Gasteiger partial charge is 0.494 e. The standard InChI is InChI=1S/C20H27N3O2/c1-3-5-7-20(24)23(14-6-13-22-15-12-21-17-22)16-18-8-10-19(11-9-18)25-4-2/h3,8-12,15,17H,1,4-7,13-14,16H2,2H3. The van der Waals surface area contributed by atoms with Gasteiger partial charge in [0.15, 0.2) is 0 Å². The lowest BCUT2D eigenvalue weighted by Gasteiger charge is -2.23. The summed E-state index contributed by atoms with van der Waals surface area (Å²) in [5.74, 6) is 1.02. The van der Waals surface area contributed by atoms with Crippen LogP contribution in [0.1, 0.15) is 31.7 Å². The molecule has 0 aliphatic rings. The van der Waals surface area contributed by atoms with Crippen LogP contribution >= 0.6 is 0 Å². The van der Waals surface area contributed by atoms with Crippen molar-refractivity contribution in [3.63, 3.8) is 0 Å². The van der Waals surface area contributed by atoms with E-state index in [9.17, 15) is 4.79 Å². The number of nitrogens with zero attached hydrogens (tertiary/aromatic N) is 3. The zero-order valence-electron chi connectivity index (χ0n) is 14.9. The molecule has 134 valence electrons. The maximum Gasteiger partial charge on any atom is 0.223 e. The summed E-state index contributed by atoms with van der Waals surface area (Å²) in [6, 6.07) is 7.96. The molecule has 5 heteroatoms. The van der Waals surface area contributed by atoms with Gasteiger partial charge in [0.2, 0.25) is 5.91 Å². The molecule has 1 amide bonds. The summed E-state index contributed by atoms with van der Waals surface area (Å²) < 4.78 is 7.50. The van der Waals surface area contributed by atoms with Crippen molar-refractivity contribution in [3.05, 3.63) is 61.2 Å². The van der Waals surface area contributed by atoms with Crippen LogP contribution in [0.25, 0.3) is 0 Å². The maximum absolute atomic E-state index is 12.5. The summed E-state index contributed by atoms with van der Waals surface area (Å²) >= 11 is 0. The highest BCUT2D eigenvalue weighted by Crippen LogP contribution is 2.15. The highest BCUT2D eigenvalue weighted by molar-refractivity contribution is 5.76. The minimum Gasteiger partial charge on any atom is -0.494 e. The summed E-state index contributed by atoms with van der Waals surface area (Å²) in [7, 11) is 0. The fourth-order valence-electron chi connectivity index (χ4n) is 2.62. The molecule has 0 aliphatic heterocycles. The third-order valence-corrected chi connectivity index (χ3v) is 3.93. The lowest BCUT2D eigenvalue weighted by atomic mass is 10.1. The van der Waals surface area contributed by atoms with Crippen LogP contribution in [-0.4, -0.2) is 33.5 Å². The van der Waals surface area contributed by atoms with E-state index >= 15 is 0 Å². The second kappa shape index (κ2) is 10.3. The summed E-state index contributed by atoms with van der Waals surface area (Å²) in [6.45, 7) is 8.52. The maximum atomic E-state index is 12.5. The van der Waals surface area contributed by atoms with Gasteiger partial charge in [-0.25, -0.2) is 4.98 Å². The Kier molecular flexibility index (Phi) is 7.76. The van der Waals surface area contributed by atoms with Crippen molar-refractivity contribution in [2.24, 2.45) is 0 Å². The van der Waals surface area contributed by atoms with E-state index in [1.165, 1.54) is 0 Å². The first kappa shape index (κ1) is 18.8. The van der Waals surface area contributed by atoms with Gasteiger partial charge >= 0.3 is 0 Å². The van der Waals surface area contributed by atoms with Crippen molar-refractivity contribution in [3.8, 4) is 5.75 Å². The molecule has 0 aliphatic carbocycles. The Morgan fingerprint density at radius 1 is 1.36 bits per heavy atom. The molecule has 0 unspecified atom stereocenters. The van der Waals surface area contributed by atoms with E-state index < -0.39 is 0 Å². The van der Waals surface area contributed by atoms with E-state index in [4.69, 9.17) is 4.74 Å². The molecule has 2 rings (SSSR count). The first-order chi connectivity index (χ1) is 12.2. The van der Waals surface area contributed by atoms with Crippen molar-refractivity contribution >= 4 is 5.91 Å². The van der Waals surface area contributed by atoms with Crippen LogP contribution in [-0.2, 0) is 17.9 Å². The van der Waals surface area contributed by atoms with E-state index in [1.54, 1.807) is 18.6 Å². The van der Waals surface area contributed by atoms with Gasteiger partial charge in [-0.2, -0.15) is 0 Å². The third-order valence-electron chi connectivity index (χ3n) is 3.93. The van der Waals surface area contributed by atoms with Crippen LogP contribution in [0.5, 0.6) is 5.75 Å². The Morgan fingerprint density at radius 2 is 2.16 bits per heavy atom.